The van der Waals surface area contributed by atoms with Crippen molar-refractivity contribution < 1.29 is 17.7 Å². The van der Waals surface area contributed by atoms with Crippen LogP contribution in [0.3, 0.4) is 0 Å². The zero-order valence-corrected chi connectivity index (χ0v) is 7.69. The second-order valence-electron chi connectivity index (χ2n) is 3.62. The van der Waals surface area contributed by atoms with Crippen molar-refractivity contribution >= 4 is 0 Å². The van der Waals surface area contributed by atoms with E-state index < -0.39 is 11.6 Å². The Kier molecular flexibility index (Phi) is 1.87. The fraction of sp³-hybridized carbons (Fsp3) is 0.667. The molecule has 1 aliphatic rings. The van der Waals surface area contributed by atoms with Gasteiger partial charge in [0.1, 0.15) is 5.41 Å². The van der Waals surface area contributed by atoms with E-state index in [4.69, 9.17) is 4.52 Å². The SMILES string of the molecule is CCc1cc(C2(C(F)(F)F)CC2)on1. The van der Waals surface area contributed by atoms with Gasteiger partial charge < -0.3 is 4.52 Å². The van der Waals surface area contributed by atoms with Gasteiger partial charge in [0.05, 0.1) is 5.69 Å². The van der Waals surface area contributed by atoms with Gasteiger partial charge in [-0.25, -0.2) is 0 Å². The van der Waals surface area contributed by atoms with Crippen molar-refractivity contribution in [2.24, 2.45) is 0 Å². The lowest BCUT2D eigenvalue weighted by Gasteiger charge is -2.15. The molecule has 0 aromatic carbocycles. The molecule has 0 bridgehead atoms. The third-order valence-corrected chi connectivity index (χ3v) is 2.69. The number of aromatic nitrogens is 1. The highest BCUT2D eigenvalue weighted by molar-refractivity contribution is 5.26. The summed E-state index contributed by atoms with van der Waals surface area (Å²) in [6.45, 7) is 1.83. The lowest BCUT2D eigenvalue weighted by molar-refractivity contribution is -0.165. The van der Waals surface area contributed by atoms with Gasteiger partial charge in [0.2, 0.25) is 0 Å². The number of hydrogen-bond acceptors (Lipinski definition) is 2. The summed E-state index contributed by atoms with van der Waals surface area (Å²) < 4.78 is 42.6. The summed E-state index contributed by atoms with van der Waals surface area (Å²) >= 11 is 0. The first-order valence-electron chi connectivity index (χ1n) is 4.52. The van der Waals surface area contributed by atoms with Gasteiger partial charge in [-0.05, 0) is 19.3 Å². The summed E-state index contributed by atoms with van der Waals surface area (Å²) in [5.74, 6) is -0.0261. The molecule has 2 rings (SSSR count). The Morgan fingerprint density at radius 1 is 1.50 bits per heavy atom. The molecule has 0 radical (unpaired) electrons. The molecule has 0 N–H and O–H groups in total. The molecule has 1 aromatic rings. The summed E-state index contributed by atoms with van der Waals surface area (Å²) in [6, 6.07) is 1.42. The van der Waals surface area contributed by atoms with Crippen molar-refractivity contribution in [3.8, 4) is 0 Å². The second-order valence-corrected chi connectivity index (χ2v) is 3.62. The Balaban J connectivity index is 2.31. The third-order valence-electron chi connectivity index (χ3n) is 2.69. The van der Waals surface area contributed by atoms with Crippen LogP contribution < -0.4 is 0 Å². The van der Waals surface area contributed by atoms with Crippen LogP contribution in [-0.4, -0.2) is 11.3 Å². The maximum absolute atomic E-state index is 12.6. The smallest absolute Gasteiger partial charge is 0.360 e. The average Bonchev–Trinajstić information content (AvgIpc) is 2.79. The van der Waals surface area contributed by atoms with Crippen LogP contribution in [0.2, 0.25) is 0 Å². The predicted octanol–water partition coefficient (Wildman–Crippen LogP) is 2.83. The topological polar surface area (TPSA) is 26.0 Å². The number of halogens is 3. The minimum atomic E-state index is -4.21. The highest BCUT2D eigenvalue weighted by atomic mass is 19.4. The highest BCUT2D eigenvalue weighted by Gasteiger charge is 2.66. The van der Waals surface area contributed by atoms with Gasteiger partial charge >= 0.3 is 6.18 Å². The molecule has 1 aromatic heterocycles. The van der Waals surface area contributed by atoms with E-state index in [1.807, 2.05) is 6.92 Å². The van der Waals surface area contributed by atoms with Crippen LogP contribution >= 0.6 is 0 Å². The molecule has 0 atom stereocenters. The largest absolute Gasteiger partial charge is 0.401 e. The van der Waals surface area contributed by atoms with Crippen molar-refractivity contribution in [2.75, 3.05) is 0 Å². The van der Waals surface area contributed by atoms with E-state index in [2.05, 4.69) is 5.16 Å². The van der Waals surface area contributed by atoms with Crippen molar-refractivity contribution in [3.63, 3.8) is 0 Å². The van der Waals surface area contributed by atoms with Crippen LogP contribution in [-0.2, 0) is 11.8 Å². The van der Waals surface area contributed by atoms with E-state index >= 15 is 0 Å². The van der Waals surface area contributed by atoms with Crippen molar-refractivity contribution in [2.45, 2.75) is 37.8 Å². The Labute approximate surface area is 79.1 Å². The van der Waals surface area contributed by atoms with Crippen LogP contribution in [0.4, 0.5) is 13.2 Å². The highest BCUT2D eigenvalue weighted by Crippen LogP contribution is 2.58. The second kappa shape index (κ2) is 2.74. The van der Waals surface area contributed by atoms with Gasteiger partial charge in [0, 0.05) is 6.07 Å². The Bertz CT molecular complexity index is 338. The zero-order chi connectivity index (χ0) is 10.4. The first-order chi connectivity index (χ1) is 6.49. The summed E-state index contributed by atoms with van der Waals surface area (Å²) in [5, 5.41) is 3.58. The van der Waals surface area contributed by atoms with Gasteiger partial charge in [-0.1, -0.05) is 12.1 Å². The van der Waals surface area contributed by atoms with Gasteiger partial charge in [0.15, 0.2) is 5.76 Å². The fourth-order valence-electron chi connectivity index (χ4n) is 1.50. The van der Waals surface area contributed by atoms with Gasteiger partial charge in [-0.2, -0.15) is 13.2 Å². The Morgan fingerprint density at radius 2 is 2.14 bits per heavy atom. The molecule has 0 aliphatic heterocycles. The van der Waals surface area contributed by atoms with Gasteiger partial charge in [0.25, 0.3) is 0 Å². The summed E-state index contributed by atoms with van der Waals surface area (Å²) in [4.78, 5) is 0. The lowest BCUT2D eigenvalue weighted by Crippen LogP contribution is -2.28. The van der Waals surface area contributed by atoms with E-state index in [0.717, 1.165) is 0 Å². The van der Waals surface area contributed by atoms with E-state index in [1.54, 1.807) is 0 Å². The van der Waals surface area contributed by atoms with Crippen molar-refractivity contribution in [1.29, 1.82) is 0 Å². The molecule has 0 amide bonds. The molecule has 1 aliphatic carbocycles. The molecule has 1 fully saturated rings. The number of alkyl halides is 3. The first kappa shape index (κ1) is 9.55. The zero-order valence-electron chi connectivity index (χ0n) is 7.69. The number of hydrogen-bond donors (Lipinski definition) is 0. The molecule has 5 heteroatoms. The van der Waals surface area contributed by atoms with Crippen LogP contribution in [0.15, 0.2) is 10.6 Å². The Morgan fingerprint density at radius 3 is 2.50 bits per heavy atom. The minimum absolute atomic E-state index is 0.0261. The molecule has 1 heterocycles. The van der Waals surface area contributed by atoms with E-state index in [0.29, 0.717) is 12.1 Å². The molecule has 0 spiro atoms. The molecule has 0 saturated heterocycles. The molecule has 2 nitrogen and oxygen atoms in total. The van der Waals surface area contributed by atoms with Gasteiger partial charge in [-0.3, -0.25) is 0 Å². The predicted molar refractivity (Wildman–Crippen MR) is 42.8 cm³/mol. The fourth-order valence-corrected chi connectivity index (χ4v) is 1.50. The van der Waals surface area contributed by atoms with E-state index in [1.165, 1.54) is 6.07 Å². The molecule has 0 unspecified atom stereocenters. The quantitative estimate of drug-likeness (QED) is 0.741. The maximum atomic E-state index is 12.6. The molecular weight excluding hydrogens is 195 g/mol. The number of nitrogens with zero attached hydrogens (tertiary/aromatic N) is 1. The van der Waals surface area contributed by atoms with Crippen LogP contribution in [0.1, 0.15) is 31.2 Å². The van der Waals surface area contributed by atoms with Crippen molar-refractivity contribution in [3.05, 3.63) is 17.5 Å². The first-order valence-corrected chi connectivity index (χ1v) is 4.52. The molecule has 14 heavy (non-hydrogen) atoms. The Hall–Kier alpha value is -1.00. The molecule has 1 saturated carbocycles. The molecular formula is C9H10F3NO. The lowest BCUT2D eigenvalue weighted by atomic mass is 10.0. The number of aryl methyl sites for hydroxylation is 1. The van der Waals surface area contributed by atoms with Crippen LogP contribution in [0.5, 0.6) is 0 Å². The van der Waals surface area contributed by atoms with E-state index in [9.17, 15) is 13.2 Å². The van der Waals surface area contributed by atoms with Crippen LogP contribution in [0.25, 0.3) is 0 Å². The minimum Gasteiger partial charge on any atom is -0.360 e. The summed E-state index contributed by atoms with van der Waals surface area (Å²) in [5.41, 5.74) is -1.15. The summed E-state index contributed by atoms with van der Waals surface area (Å²) in [7, 11) is 0. The average molecular weight is 205 g/mol. The monoisotopic (exact) mass is 205 g/mol. The molecule has 78 valence electrons. The maximum Gasteiger partial charge on any atom is 0.401 e. The van der Waals surface area contributed by atoms with E-state index in [-0.39, 0.29) is 18.6 Å². The number of rotatable bonds is 2. The summed E-state index contributed by atoms with van der Waals surface area (Å²) in [6.07, 6.45) is -3.38. The standard InChI is InChI=1S/C9H10F3NO/c1-2-6-5-7(14-13-6)8(3-4-8)9(10,11)12/h5H,2-4H2,1H3. The third kappa shape index (κ3) is 1.22. The van der Waals surface area contributed by atoms with Crippen LogP contribution in [0, 0.1) is 0 Å². The normalized spacial score (nSPS) is 19.7. The van der Waals surface area contributed by atoms with Crippen molar-refractivity contribution in [1.82, 2.24) is 5.16 Å². The van der Waals surface area contributed by atoms with Gasteiger partial charge in [-0.15, -0.1) is 0 Å².